The molecule has 2 aromatic rings. The molecule has 1 aromatic carbocycles. The highest BCUT2D eigenvalue weighted by Crippen LogP contribution is 2.19. The van der Waals surface area contributed by atoms with Gasteiger partial charge in [0.05, 0.1) is 16.9 Å². The number of rotatable bonds is 4. The fraction of sp³-hybridized carbons (Fsp3) is 0.267. The maximum absolute atomic E-state index is 12.2. The molecule has 0 unspecified atom stereocenters. The first-order valence-corrected chi connectivity index (χ1v) is 7.32. The highest BCUT2D eigenvalue weighted by atomic mass is 35.5. The third-order valence-electron chi connectivity index (χ3n) is 3.55. The average Bonchev–Trinajstić information content (AvgIpc) is 3.16. The fourth-order valence-electron chi connectivity index (χ4n) is 2.38. The van der Waals surface area contributed by atoms with Gasteiger partial charge in [-0.15, -0.1) is 5.10 Å². The molecule has 0 radical (unpaired) electrons. The zero-order valence-corrected chi connectivity index (χ0v) is 12.4. The summed E-state index contributed by atoms with van der Waals surface area (Å²) in [5.74, 6) is -0.198. The molecule has 1 amide bonds. The second-order valence-corrected chi connectivity index (χ2v) is 5.55. The van der Waals surface area contributed by atoms with Crippen LogP contribution in [0.15, 0.2) is 42.6 Å². The van der Waals surface area contributed by atoms with E-state index in [1.807, 2.05) is 24.3 Å². The first-order chi connectivity index (χ1) is 10.7. The molecule has 6 nitrogen and oxygen atoms in total. The van der Waals surface area contributed by atoms with Gasteiger partial charge >= 0.3 is 0 Å². The van der Waals surface area contributed by atoms with E-state index >= 15 is 0 Å². The zero-order valence-electron chi connectivity index (χ0n) is 11.7. The standard InChI is InChI=1S/C15H15ClN4O2/c16-12-3-1-2-4-14(12)20-8-13(18-19-20)15(22)17-11-6-5-10(7-11)9-21/h1-6,8,10-11,21H,7,9H2,(H,17,22)/t10-,11+/m0/s1. The molecular formula is C15H15ClN4O2. The van der Waals surface area contributed by atoms with Gasteiger partial charge in [0, 0.05) is 18.6 Å². The molecule has 3 rings (SSSR count). The number of hydrogen-bond acceptors (Lipinski definition) is 4. The summed E-state index contributed by atoms with van der Waals surface area (Å²) in [6.45, 7) is 0.0888. The molecule has 114 valence electrons. The summed E-state index contributed by atoms with van der Waals surface area (Å²) < 4.78 is 1.47. The Kier molecular flexibility index (Phi) is 4.22. The van der Waals surface area contributed by atoms with E-state index in [0.29, 0.717) is 17.1 Å². The number of aromatic nitrogens is 3. The highest BCUT2D eigenvalue weighted by Gasteiger charge is 2.21. The molecule has 1 aromatic heterocycles. The molecule has 0 bridgehead atoms. The molecule has 0 fully saturated rings. The number of aliphatic hydroxyl groups is 1. The minimum atomic E-state index is -0.299. The Labute approximate surface area is 132 Å². The van der Waals surface area contributed by atoms with E-state index in [0.717, 1.165) is 0 Å². The van der Waals surface area contributed by atoms with Crippen molar-refractivity contribution in [2.75, 3.05) is 6.61 Å². The predicted octanol–water partition coefficient (Wildman–Crippen LogP) is 1.59. The third-order valence-corrected chi connectivity index (χ3v) is 3.87. The van der Waals surface area contributed by atoms with Crippen molar-refractivity contribution in [1.29, 1.82) is 0 Å². The Bertz CT molecular complexity index is 713. The topological polar surface area (TPSA) is 80.0 Å². The molecule has 0 spiro atoms. The molecule has 0 aliphatic heterocycles. The van der Waals surface area contributed by atoms with Crippen molar-refractivity contribution in [3.05, 3.63) is 53.3 Å². The monoisotopic (exact) mass is 318 g/mol. The number of para-hydroxylation sites is 1. The van der Waals surface area contributed by atoms with Crippen LogP contribution in [0.1, 0.15) is 16.9 Å². The van der Waals surface area contributed by atoms with Crippen molar-refractivity contribution in [2.45, 2.75) is 12.5 Å². The van der Waals surface area contributed by atoms with Gasteiger partial charge in [0.1, 0.15) is 0 Å². The SMILES string of the molecule is O=C(N[C@@H]1C=C[C@H](CO)C1)c1cn(-c2ccccc2Cl)nn1. The van der Waals surface area contributed by atoms with Gasteiger partial charge in [-0.3, -0.25) is 4.79 Å². The second kappa shape index (κ2) is 6.29. The van der Waals surface area contributed by atoms with Crippen LogP contribution in [0.2, 0.25) is 5.02 Å². The van der Waals surface area contributed by atoms with Gasteiger partial charge in [0.15, 0.2) is 5.69 Å². The quantitative estimate of drug-likeness (QED) is 0.839. The van der Waals surface area contributed by atoms with Crippen LogP contribution in [0.5, 0.6) is 0 Å². The van der Waals surface area contributed by atoms with Crippen LogP contribution in [-0.2, 0) is 0 Å². The van der Waals surface area contributed by atoms with E-state index in [2.05, 4.69) is 15.6 Å². The van der Waals surface area contributed by atoms with Crippen LogP contribution in [0.25, 0.3) is 5.69 Å². The van der Waals surface area contributed by atoms with Crippen LogP contribution in [-0.4, -0.2) is 38.7 Å². The van der Waals surface area contributed by atoms with Crippen molar-refractivity contribution in [3.63, 3.8) is 0 Å². The van der Waals surface area contributed by atoms with Gasteiger partial charge in [-0.1, -0.05) is 41.1 Å². The summed E-state index contributed by atoms with van der Waals surface area (Å²) in [4.78, 5) is 12.2. The Morgan fingerprint density at radius 1 is 1.41 bits per heavy atom. The molecule has 1 aliphatic rings. The summed E-state index contributed by atoms with van der Waals surface area (Å²) in [6, 6.07) is 7.11. The third kappa shape index (κ3) is 3.03. The fourth-order valence-corrected chi connectivity index (χ4v) is 2.60. The summed E-state index contributed by atoms with van der Waals surface area (Å²) >= 11 is 6.10. The van der Waals surface area contributed by atoms with Gasteiger partial charge < -0.3 is 10.4 Å². The highest BCUT2D eigenvalue weighted by molar-refractivity contribution is 6.32. The minimum absolute atomic E-state index is 0.0879. The van der Waals surface area contributed by atoms with Crippen LogP contribution in [0, 0.1) is 5.92 Å². The summed E-state index contributed by atoms with van der Waals surface area (Å²) in [6.07, 6.45) is 6.03. The van der Waals surface area contributed by atoms with E-state index in [4.69, 9.17) is 16.7 Å². The summed E-state index contributed by atoms with van der Waals surface area (Å²) in [5, 5.41) is 20.3. The Hall–Kier alpha value is -2.18. The lowest BCUT2D eigenvalue weighted by Gasteiger charge is -2.11. The molecule has 1 heterocycles. The number of nitrogens with zero attached hydrogens (tertiary/aromatic N) is 3. The molecular weight excluding hydrogens is 304 g/mol. The second-order valence-electron chi connectivity index (χ2n) is 5.14. The molecule has 1 aliphatic carbocycles. The Morgan fingerprint density at radius 3 is 2.95 bits per heavy atom. The maximum Gasteiger partial charge on any atom is 0.273 e. The Balaban J connectivity index is 1.70. The van der Waals surface area contributed by atoms with Gasteiger partial charge in [-0.05, 0) is 18.6 Å². The minimum Gasteiger partial charge on any atom is -0.396 e. The van der Waals surface area contributed by atoms with Crippen LogP contribution < -0.4 is 5.32 Å². The number of hydrogen-bond donors (Lipinski definition) is 2. The van der Waals surface area contributed by atoms with E-state index in [9.17, 15) is 4.79 Å². The van der Waals surface area contributed by atoms with Gasteiger partial charge in [0.25, 0.3) is 5.91 Å². The number of halogens is 1. The smallest absolute Gasteiger partial charge is 0.273 e. The van der Waals surface area contributed by atoms with Crippen molar-refractivity contribution in [1.82, 2.24) is 20.3 Å². The van der Waals surface area contributed by atoms with Gasteiger partial charge in [0.2, 0.25) is 0 Å². The van der Waals surface area contributed by atoms with Crippen molar-refractivity contribution in [2.24, 2.45) is 5.92 Å². The average molecular weight is 319 g/mol. The molecule has 0 saturated carbocycles. The molecule has 7 heteroatoms. The Morgan fingerprint density at radius 2 is 2.23 bits per heavy atom. The first-order valence-electron chi connectivity index (χ1n) is 6.94. The van der Waals surface area contributed by atoms with Crippen LogP contribution in [0.3, 0.4) is 0 Å². The normalized spacial score (nSPS) is 20.3. The molecule has 22 heavy (non-hydrogen) atoms. The number of aliphatic hydroxyl groups excluding tert-OH is 1. The van der Waals surface area contributed by atoms with E-state index < -0.39 is 0 Å². The largest absolute Gasteiger partial charge is 0.396 e. The predicted molar refractivity (Wildman–Crippen MR) is 82.0 cm³/mol. The van der Waals surface area contributed by atoms with Crippen molar-refractivity contribution in [3.8, 4) is 5.69 Å². The van der Waals surface area contributed by atoms with E-state index in [1.165, 1.54) is 4.68 Å². The van der Waals surface area contributed by atoms with Crippen molar-refractivity contribution >= 4 is 17.5 Å². The van der Waals surface area contributed by atoms with Gasteiger partial charge in [-0.2, -0.15) is 0 Å². The van der Waals surface area contributed by atoms with E-state index in [1.54, 1.807) is 18.3 Å². The number of amides is 1. The molecule has 2 N–H and O–H groups in total. The number of carbonyl (C=O) groups excluding carboxylic acids is 1. The lowest BCUT2D eigenvalue weighted by Crippen LogP contribution is -2.33. The van der Waals surface area contributed by atoms with Crippen molar-refractivity contribution < 1.29 is 9.90 Å². The molecule has 0 saturated heterocycles. The number of benzene rings is 1. The van der Waals surface area contributed by atoms with Crippen LogP contribution >= 0.6 is 11.6 Å². The number of nitrogens with one attached hydrogen (secondary N) is 1. The number of carbonyl (C=O) groups is 1. The lowest BCUT2D eigenvalue weighted by atomic mass is 10.1. The van der Waals surface area contributed by atoms with E-state index in [-0.39, 0.29) is 30.2 Å². The summed E-state index contributed by atoms with van der Waals surface area (Å²) in [7, 11) is 0. The van der Waals surface area contributed by atoms with Gasteiger partial charge in [-0.25, -0.2) is 4.68 Å². The molecule has 2 atom stereocenters. The first kappa shape index (κ1) is 14.7. The maximum atomic E-state index is 12.2. The zero-order chi connectivity index (χ0) is 15.5. The lowest BCUT2D eigenvalue weighted by molar-refractivity contribution is 0.0936. The van der Waals surface area contributed by atoms with Crippen LogP contribution in [0.4, 0.5) is 0 Å². The summed E-state index contributed by atoms with van der Waals surface area (Å²) in [5.41, 5.74) is 0.887.